The smallest absolute Gasteiger partial charge is 0.341 e. The normalized spacial score (nSPS) is 14.2. The number of piperazine rings is 1. The van der Waals surface area contributed by atoms with E-state index in [0.29, 0.717) is 36.2 Å². The van der Waals surface area contributed by atoms with Crippen molar-refractivity contribution < 1.29 is 14.3 Å². The van der Waals surface area contributed by atoms with Gasteiger partial charge < -0.3 is 19.9 Å². The second-order valence-corrected chi connectivity index (χ2v) is 10.1. The summed E-state index contributed by atoms with van der Waals surface area (Å²) in [4.78, 5) is 31.3. The van der Waals surface area contributed by atoms with Crippen molar-refractivity contribution in [3.63, 3.8) is 0 Å². The number of nitrogens with zero attached hydrogens (tertiary/aromatic N) is 3. The first kappa shape index (κ1) is 25.7. The molecule has 11 heteroatoms. The molecule has 33 heavy (non-hydrogen) atoms. The Morgan fingerprint density at radius 3 is 2.42 bits per heavy atom. The number of thiocarbonyl (C=S) groups is 1. The van der Waals surface area contributed by atoms with E-state index in [1.54, 1.807) is 21.0 Å². The largest absolute Gasteiger partial charge is 0.465 e. The Hall–Kier alpha value is -1.91. The highest BCUT2D eigenvalue weighted by atomic mass is 35.5. The van der Waals surface area contributed by atoms with Crippen LogP contribution in [0.1, 0.15) is 31.2 Å². The Morgan fingerprint density at radius 1 is 1.18 bits per heavy atom. The SMILES string of the molecule is COC(=O)c1c(NC(=S)N2CCN(Cc3ccc(Cl)c(Cl)c3)CC2)sc(C(=O)N(C)C)c1C. The van der Waals surface area contributed by atoms with Gasteiger partial charge in [0.15, 0.2) is 5.11 Å². The molecule has 1 saturated heterocycles. The first-order valence-electron chi connectivity index (χ1n) is 10.3. The van der Waals surface area contributed by atoms with Gasteiger partial charge in [-0.15, -0.1) is 11.3 Å². The fraction of sp³-hybridized carbons (Fsp3) is 0.409. The molecule has 0 bridgehead atoms. The summed E-state index contributed by atoms with van der Waals surface area (Å²) >= 11 is 19.0. The van der Waals surface area contributed by atoms with Crippen molar-refractivity contribution >= 4 is 68.7 Å². The summed E-state index contributed by atoms with van der Waals surface area (Å²) in [7, 11) is 4.67. The summed E-state index contributed by atoms with van der Waals surface area (Å²) in [5.74, 6) is -0.671. The number of anilines is 1. The third-order valence-electron chi connectivity index (χ3n) is 5.41. The number of nitrogens with one attached hydrogen (secondary N) is 1. The van der Waals surface area contributed by atoms with Gasteiger partial charge in [-0.3, -0.25) is 9.69 Å². The van der Waals surface area contributed by atoms with Crippen LogP contribution in [0.3, 0.4) is 0 Å². The summed E-state index contributed by atoms with van der Waals surface area (Å²) in [6.07, 6.45) is 0. The van der Waals surface area contributed by atoms with Crippen molar-refractivity contribution in [3.8, 4) is 0 Å². The van der Waals surface area contributed by atoms with Gasteiger partial charge in [-0.1, -0.05) is 29.3 Å². The van der Waals surface area contributed by atoms with Crippen LogP contribution in [0.5, 0.6) is 0 Å². The number of ether oxygens (including phenoxy) is 1. The maximum Gasteiger partial charge on any atom is 0.341 e. The van der Waals surface area contributed by atoms with Crippen LogP contribution in [-0.4, -0.2) is 79.1 Å². The lowest BCUT2D eigenvalue weighted by Gasteiger charge is -2.36. The molecule has 178 valence electrons. The zero-order chi connectivity index (χ0) is 24.3. The molecule has 1 amide bonds. The molecule has 1 aromatic carbocycles. The molecular formula is C22H26Cl2N4O3S2. The summed E-state index contributed by atoms with van der Waals surface area (Å²) in [5.41, 5.74) is 2.03. The van der Waals surface area contributed by atoms with Gasteiger partial charge in [-0.05, 0) is 42.4 Å². The van der Waals surface area contributed by atoms with Crippen molar-refractivity contribution in [1.29, 1.82) is 0 Å². The number of amides is 1. The van der Waals surface area contributed by atoms with Gasteiger partial charge in [0.25, 0.3) is 5.91 Å². The van der Waals surface area contributed by atoms with Gasteiger partial charge in [-0.2, -0.15) is 0 Å². The highest BCUT2D eigenvalue weighted by molar-refractivity contribution is 7.80. The topological polar surface area (TPSA) is 65.1 Å². The first-order chi connectivity index (χ1) is 15.6. The minimum absolute atomic E-state index is 0.169. The van der Waals surface area contributed by atoms with Crippen LogP contribution in [-0.2, 0) is 11.3 Å². The molecule has 0 spiro atoms. The molecule has 2 heterocycles. The summed E-state index contributed by atoms with van der Waals surface area (Å²) < 4.78 is 4.95. The number of hydrogen-bond donors (Lipinski definition) is 1. The van der Waals surface area contributed by atoms with E-state index in [0.717, 1.165) is 38.3 Å². The molecule has 0 aliphatic carbocycles. The van der Waals surface area contributed by atoms with Crippen LogP contribution in [0.2, 0.25) is 10.0 Å². The first-order valence-corrected chi connectivity index (χ1v) is 12.3. The number of halogens is 2. The predicted molar refractivity (Wildman–Crippen MR) is 138 cm³/mol. The number of hydrogen-bond acceptors (Lipinski definition) is 6. The zero-order valence-corrected chi connectivity index (χ0v) is 22.1. The number of esters is 1. The predicted octanol–water partition coefficient (Wildman–Crippen LogP) is 4.37. The lowest BCUT2D eigenvalue weighted by atomic mass is 10.1. The molecule has 0 atom stereocenters. The van der Waals surface area contributed by atoms with E-state index < -0.39 is 5.97 Å². The van der Waals surface area contributed by atoms with E-state index in [-0.39, 0.29) is 5.91 Å². The highest BCUT2D eigenvalue weighted by Crippen LogP contribution is 2.34. The van der Waals surface area contributed by atoms with E-state index in [4.69, 9.17) is 40.2 Å². The van der Waals surface area contributed by atoms with Gasteiger partial charge in [0.1, 0.15) is 5.00 Å². The van der Waals surface area contributed by atoms with Crippen LogP contribution in [0.15, 0.2) is 18.2 Å². The molecule has 3 rings (SSSR count). The monoisotopic (exact) mass is 528 g/mol. The third kappa shape index (κ3) is 5.96. The zero-order valence-electron chi connectivity index (χ0n) is 18.9. The molecule has 0 saturated carbocycles. The van der Waals surface area contributed by atoms with Crippen molar-refractivity contribution in [2.24, 2.45) is 0 Å². The molecule has 1 aliphatic heterocycles. The average Bonchev–Trinajstić information content (AvgIpc) is 3.11. The van der Waals surface area contributed by atoms with Gasteiger partial charge in [-0.25, -0.2) is 4.79 Å². The fourth-order valence-corrected chi connectivity index (χ4v) is 5.42. The molecule has 1 N–H and O–H groups in total. The number of methoxy groups -OCH3 is 1. The van der Waals surface area contributed by atoms with E-state index >= 15 is 0 Å². The molecule has 1 fully saturated rings. The molecule has 7 nitrogen and oxygen atoms in total. The molecule has 1 aliphatic rings. The van der Waals surface area contributed by atoms with Gasteiger partial charge >= 0.3 is 5.97 Å². The molecule has 0 radical (unpaired) electrons. The highest BCUT2D eigenvalue weighted by Gasteiger charge is 2.28. The second-order valence-electron chi connectivity index (χ2n) is 7.89. The fourth-order valence-electron chi connectivity index (χ4n) is 3.54. The number of carbonyl (C=O) groups excluding carboxylic acids is 2. The van der Waals surface area contributed by atoms with Gasteiger partial charge in [0.05, 0.1) is 27.6 Å². The standard InChI is InChI=1S/C22H26Cl2N4O3S2/c1-13-17(21(30)31-4)19(33-18(13)20(29)26(2)3)25-22(32)28-9-7-27(8-10-28)12-14-5-6-15(23)16(24)11-14/h5-6,11H,7-10,12H2,1-4H3,(H,25,32). The second kappa shape index (κ2) is 11.0. The number of thiophene rings is 1. The van der Waals surface area contributed by atoms with Crippen LogP contribution in [0.25, 0.3) is 0 Å². The van der Waals surface area contributed by atoms with Crippen molar-refractivity contribution in [2.45, 2.75) is 13.5 Å². The van der Waals surface area contributed by atoms with Crippen LogP contribution < -0.4 is 5.32 Å². The quantitative estimate of drug-likeness (QED) is 0.456. The number of rotatable bonds is 5. The number of benzene rings is 1. The van der Waals surface area contributed by atoms with Gasteiger partial charge in [0, 0.05) is 46.8 Å². The van der Waals surface area contributed by atoms with E-state index in [2.05, 4.69) is 15.1 Å². The van der Waals surface area contributed by atoms with Crippen molar-refractivity contribution in [3.05, 3.63) is 49.8 Å². The van der Waals surface area contributed by atoms with E-state index in [1.165, 1.54) is 23.3 Å². The molecule has 2 aromatic rings. The summed E-state index contributed by atoms with van der Waals surface area (Å²) in [5, 5.41) is 5.32. The third-order valence-corrected chi connectivity index (χ3v) is 7.70. The molecule has 0 unspecified atom stereocenters. The minimum Gasteiger partial charge on any atom is -0.465 e. The Kier molecular flexibility index (Phi) is 8.58. The van der Waals surface area contributed by atoms with E-state index in [9.17, 15) is 9.59 Å². The van der Waals surface area contributed by atoms with Crippen LogP contribution in [0, 0.1) is 6.92 Å². The van der Waals surface area contributed by atoms with Crippen LogP contribution >= 0.6 is 46.8 Å². The minimum atomic E-state index is -0.502. The van der Waals surface area contributed by atoms with Crippen molar-refractivity contribution in [1.82, 2.24) is 14.7 Å². The maximum absolute atomic E-state index is 12.5. The van der Waals surface area contributed by atoms with Gasteiger partial charge in [0.2, 0.25) is 0 Å². The number of carbonyl (C=O) groups is 2. The summed E-state index contributed by atoms with van der Waals surface area (Å²) in [6.45, 7) is 5.62. The Balaban J connectivity index is 1.67. The van der Waals surface area contributed by atoms with E-state index in [1.807, 2.05) is 18.2 Å². The average molecular weight is 530 g/mol. The lowest BCUT2D eigenvalue weighted by molar-refractivity contribution is 0.0601. The maximum atomic E-state index is 12.5. The Labute approximate surface area is 213 Å². The summed E-state index contributed by atoms with van der Waals surface area (Å²) in [6, 6.07) is 5.68. The Morgan fingerprint density at radius 2 is 1.85 bits per heavy atom. The van der Waals surface area contributed by atoms with Crippen molar-refractivity contribution in [2.75, 3.05) is 52.7 Å². The Bertz CT molecular complexity index is 1070. The van der Waals surface area contributed by atoms with Crippen LogP contribution in [0.4, 0.5) is 5.00 Å². The molecule has 1 aromatic heterocycles. The lowest BCUT2D eigenvalue weighted by Crippen LogP contribution is -2.49. The molecular weight excluding hydrogens is 503 g/mol.